The van der Waals surface area contributed by atoms with E-state index in [1.807, 2.05) is 19.9 Å². The minimum atomic E-state index is -3.51. The fourth-order valence-corrected chi connectivity index (χ4v) is 5.52. The number of fused-ring (bicyclic) bond motifs is 1. The Balaban J connectivity index is 1.65. The number of amides is 1. The lowest BCUT2D eigenvalue weighted by Crippen LogP contribution is -2.31. The molecule has 0 radical (unpaired) electrons. The maximum absolute atomic E-state index is 12.4. The Hall–Kier alpha value is -2.36. The number of hydrogen-bond acceptors (Lipinski definition) is 5. The minimum Gasteiger partial charge on any atom is -0.326 e. The summed E-state index contributed by atoms with van der Waals surface area (Å²) < 4.78 is 28.1. The van der Waals surface area contributed by atoms with E-state index in [1.165, 1.54) is 4.31 Å². The first-order chi connectivity index (χ1) is 14.6. The molecule has 0 fully saturated rings. The molecule has 0 aliphatic heterocycles. The molecule has 3 rings (SSSR count). The van der Waals surface area contributed by atoms with E-state index in [-0.39, 0.29) is 29.8 Å². The molecule has 166 valence electrons. The summed E-state index contributed by atoms with van der Waals surface area (Å²) in [4.78, 5) is 24.5. The van der Waals surface area contributed by atoms with Gasteiger partial charge in [0.15, 0.2) is 0 Å². The van der Waals surface area contributed by atoms with Gasteiger partial charge in [-0.15, -0.1) is 0 Å². The number of hydrogen-bond donors (Lipinski definition) is 1. The standard InChI is InChI=1S/C21H24ClN3O4S2/c1-14(2)25-18-10-9-16(13-19(18)30-21(25)27)23-20(26)8-5-11-24(31(3,28)29)17-7-4-6-15(22)12-17/h4,6-7,9-10,12-14H,5,8,11H2,1-3H3,(H,23,26). The molecule has 10 heteroatoms. The lowest BCUT2D eigenvalue weighted by molar-refractivity contribution is -0.116. The summed E-state index contributed by atoms with van der Waals surface area (Å²) in [7, 11) is -3.51. The highest BCUT2D eigenvalue weighted by atomic mass is 35.5. The first-order valence-electron chi connectivity index (χ1n) is 9.74. The fourth-order valence-electron chi connectivity index (χ4n) is 3.33. The van der Waals surface area contributed by atoms with Crippen molar-refractivity contribution in [1.82, 2.24) is 4.57 Å². The molecule has 1 amide bonds. The predicted molar refractivity (Wildman–Crippen MR) is 128 cm³/mol. The molecule has 3 aromatic rings. The van der Waals surface area contributed by atoms with Gasteiger partial charge in [-0.2, -0.15) is 0 Å². The quantitative estimate of drug-likeness (QED) is 0.513. The third-order valence-electron chi connectivity index (χ3n) is 4.68. The number of sulfonamides is 1. The maximum atomic E-state index is 12.4. The third kappa shape index (κ3) is 5.66. The lowest BCUT2D eigenvalue weighted by atomic mass is 10.2. The highest BCUT2D eigenvalue weighted by molar-refractivity contribution is 7.92. The molecule has 0 saturated heterocycles. The molecular formula is C21H24ClN3O4S2. The zero-order valence-corrected chi connectivity index (χ0v) is 19.9. The molecule has 1 N–H and O–H groups in total. The van der Waals surface area contributed by atoms with E-state index in [2.05, 4.69) is 5.32 Å². The number of thiazole rings is 1. The normalized spacial score (nSPS) is 11.8. The molecule has 0 aliphatic rings. The van der Waals surface area contributed by atoms with E-state index in [0.717, 1.165) is 27.8 Å². The van der Waals surface area contributed by atoms with Crippen molar-refractivity contribution in [3.8, 4) is 0 Å². The monoisotopic (exact) mass is 481 g/mol. The Morgan fingerprint density at radius 2 is 1.97 bits per heavy atom. The molecule has 0 saturated carbocycles. The second kappa shape index (κ2) is 9.42. The van der Waals surface area contributed by atoms with Gasteiger partial charge in [-0.05, 0) is 56.7 Å². The smallest absolute Gasteiger partial charge is 0.308 e. The van der Waals surface area contributed by atoms with Crippen LogP contribution in [0.2, 0.25) is 5.02 Å². The van der Waals surface area contributed by atoms with E-state index in [4.69, 9.17) is 11.6 Å². The molecule has 2 aromatic carbocycles. The number of nitrogens with one attached hydrogen (secondary N) is 1. The van der Waals surface area contributed by atoms with Crippen molar-refractivity contribution in [2.75, 3.05) is 22.4 Å². The van der Waals surface area contributed by atoms with Gasteiger partial charge < -0.3 is 5.32 Å². The molecule has 1 heterocycles. The third-order valence-corrected chi connectivity index (χ3v) is 7.02. The number of anilines is 2. The summed E-state index contributed by atoms with van der Waals surface area (Å²) in [5.41, 5.74) is 1.91. The summed E-state index contributed by atoms with van der Waals surface area (Å²) >= 11 is 7.12. The van der Waals surface area contributed by atoms with Crippen molar-refractivity contribution in [2.45, 2.75) is 32.7 Å². The van der Waals surface area contributed by atoms with Crippen LogP contribution in [-0.2, 0) is 14.8 Å². The van der Waals surface area contributed by atoms with Gasteiger partial charge in [-0.3, -0.25) is 18.5 Å². The first kappa shape index (κ1) is 23.3. The Morgan fingerprint density at radius 1 is 1.23 bits per heavy atom. The number of rotatable bonds is 8. The van der Waals surface area contributed by atoms with E-state index in [9.17, 15) is 18.0 Å². The Kier molecular flexibility index (Phi) is 7.08. The van der Waals surface area contributed by atoms with Gasteiger partial charge in [0, 0.05) is 29.7 Å². The summed E-state index contributed by atoms with van der Waals surface area (Å²) in [6, 6.07) is 12.0. The van der Waals surface area contributed by atoms with E-state index in [0.29, 0.717) is 22.8 Å². The molecule has 0 aliphatic carbocycles. The lowest BCUT2D eigenvalue weighted by Gasteiger charge is -2.22. The SMILES string of the molecule is CC(C)n1c(=O)sc2cc(NC(=O)CCCN(c3cccc(Cl)c3)S(C)(=O)=O)ccc21. The molecule has 1 aromatic heterocycles. The molecule has 0 unspecified atom stereocenters. The molecule has 7 nitrogen and oxygen atoms in total. The number of carbonyl (C=O) groups is 1. The van der Waals surface area contributed by atoms with Crippen molar-refractivity contribution in [3.63, 3.8) is 0 Å². The van der Waals surface area contributed by atoms with Crippen LogP contribution in [0.1, 0.15) is 32.7 Å². The molecule has 0 spiro atoms. The van der Waals surface area contributed by atoms with Gasteiger partial charge in [-0.25, -0.2) is 8.42 Å². The topological polar surface area (TPSA) is 88.5 Å². The van der Waals surface area contributed by atoms with Crippen LogP contribution in [0.3, 0.4) is 0 Å². The zero-order chi connectivity index (χ0) is 22.8. The average Bonchev–Trinajstić information content (AvgIpc) is 2.99. The summed E-state index contributed by atoms with van der Waals surface area (Å²) in [5.74, 6) is -0.227. The number of aromatic nitrogens is 1. The first-order valence-corrected chi connectivity index (χ1v) is 12.8. The van der Waals surface area contributed by atoms with Crippen LogP contribution in [0.25, 0.3) is 10.2 Å². The largest absolute Gasteiger partial charge is 0.326 e. The van der Waals surface area contributed by atoms with Crippen LogP contribution in [0, 0.1) is 0 Å². The Morgan fingerprint density at radius 3 is 2.61 bits per heavy atom. The van der Waals surface area contributed by atoms with Crippen molar-refractivity contribution >= 4 is 60.5 Å². The summed E-state index contributed by atoms with van der Waals surface area (Å²) in [6.07, 6.45) is 1.61. The van der Waals surface area contributed by atoms with Crippen molar-refractivity contribution in [3.05, 3.63) is 57.2 Å². The van der Waals surface area contributed by atoms with Crippen LogP contribution in [0.5, 0.6) is 0 Å². The highest BCUT2D eigenvalue weighted by Crippen LogP contribution is 2.25. The second-order valence-corrected chi connectivity index (χ2v) is 10.8. The van der Waals surface area contributed by atoms with Crippen LogP contribution >= 0.6 is 22.9 Å². The molecule has 31 heavy (non-hydrogen) atoms. The second-order valence-electron chi connectivity index (χ2n) is 7.48. The van der Waals surface area contributed by atoms with E-state index in [1.54, 1.807) is 41.0 Å². The number of benzene rings is 2. The number of carbonyl (C=O) groups excluding carboxylic acids is 1. The van der Waals surface area contributed by atoms with Crippen LogP contribution in [0.15, 0.2) is 47.3 Å². The summed E-state index contributed by atoms with van der Waals surface area (Å²) in [5, 5.41) is 3.26. The Labute approximate surface area is 190 Å². The van der Waals surface area contributed by atoms with Gasteiger partial charge in [0.1, 0.15) is 0 Å². The van der Waals surface area contributed by atoms with Crippen LogP contribution in [-0.4, -0.2) is 31.7 Å². The summed E-state index contributed by atoms with van der Waals surface area (Å²) in [6.45, 7) is 4.06. The number of nitrogens with zero attached hydrogens (tertiary/aromatic N) is 2. The average molecular weight is 482 g/mol. The minimum absolute atomic E-state index is 0.0321. The van der Waals surface area contributed by atoms with Crippen molar-refractivity contribution in [2.24, 2.45) is 0 Å². The van der Waals surface area contributed by atoms with Gasteiger partial charge in [0.2, 0.25) is 15.9 Å². The van der Waals surface area contributed by atoms with Crippen molar-refractivity contribution < 1.29 is 13.2 Å². The van der Waals surface area contributed by atoms with Crippen LogP contribution < -0.4 is 14.5 Å². The van der Waals surface area contributed by atoms with Gasteiger partial charge in [-0.1, -0.05) is 29.0 Å². The molecular weight excluding hydrogens is 458 g/mol. The van der Waals surface area contributed by atoms with E-state index < -0.39 is 10.0 Å². The zero-order valence-electron chi connectivity index (χ0n) is 17.5. The molecule has 0 bridgehead atoms. The number of halogens is 1. The maximum Gasteiger partial charge on any atom is 0.308 e. The van der Waals surface area contributed by atoms with Gasteiger partial charge in [0.05, 0.1) is 22.2 Å². The van der Waals surface area contributed by atoms with Gasteiger partial charge >= 0.3 is 4.87 Å². The predicted octanol–water partition coefficient (Wildman–Crippen LogP) is 4.48. The van der Waals surface area contributed by atoms with Crippen LogP contribution in [0.4, 0.5) is 11.4 Å². The van der Waals surface area contributed by atoms with E-state index >= 15 is 0 Å². The Bertz CT molecular complexity index is 1270. The van der Waals surface area contributed by atoms with Crippen molar-refractivity contribution in [1.29, 1.82) is 0 Å². The molecule has 0 atom stereocenters. The van der Waals surface area contributed by atoms with Gasteiger partial charge in [0.25, 0.3) is 0 Å². The highest BCUT2D eigenvalue weighted by Gasteiger charge is 2.18. The fraction of sp³-hybridized carbons (Fsp3) is 0.333.